The van der Waals surface area contributed by atoms with E-state index in [9.17, 15) is 14.4 Å². The minimum atomic E-state index is -0.354. The summed E-state index contributed by atoms with van der Waals surface area (Å²) in [4.78, 5) is 42.3. The summed E-state index contributed by atoms with van der Waals surface area (Å²) in [5.41, 5.74) is 11.6. The number of nitrogens with zero attached hydrogens (tertiary/aromatic N) is 1. The van der Waals surface area contributed by atoms with Crippen molar-refractivity contribution in [2.24, 2.45) is 0 Å². The molecule has 0 spiro atoms. The molecule has 3 aliphatic rings. The molecule has 70 heavy (non-hydrogen) atoms. The molecule has 3 amide bonds. The Morgan fingerprint density at radius 3 is 0.786 bits per heavy atom. The number of benzene rings is 6. The number of carbonyl (C=O) groups is 3. The van der Waals surface area contributed by atoms with Crippen LogP contribution < -0.4 is 44.4 Å². The van der Waals surface area contributed by atoms with Crippen LogP contribution >= 0.6 is 0 Å². The largest absolute Gasteiger partial charge is 0.496 e. The smallest absolute Gasteiger partial charge is 0.234 e. The van der Waals surface area contributed by atoms with Crippen LogP contribution in [-0.4, -0.2) is 103 Å². The minimum Gasteiger partial charge on any atom is -0.496 e. The third kappa shape index (κ3) is 11.0. The van der Waals surface area contributed by atoms with Crippen molar-refractivity contribution < 1.29 is 42.8 Å². The Morgan fingerprint density at radius 2 is 0.571 bits per heavy atom. The predicted octanol–water partition coefficient (Wildman–Crippen LogP) is 6.38. The summed E-state index contributed by atoms with van der Waals surface area (Å²) in [6.07, 6.45) is 2.99. The van der Waals surface area contributed by atoms with E-state index in [-0.39, 0.29) is 76.8 Å². The second-order valence-electron chi connectivity index (χ2n) is 17.8. The summed E-state index contributed by atoms with van der Waals surface area (Å²) in [7, 11) is 5.12. The molecule has 0 saturated carbocycles. The zero-order valence-electron chi connectivity index (χ0n) is 40.1. The molecular formula is C57H60N4O9. The molecule has 13 nitrogen and oxygen atoms in total. The Kier molecular flexibility index (Phi) is 15.1. The number of hydrogen-bond acceptors (Lipinski definition) is 10. The molecular weight excluding hydrogens is 885 g/mol. The number of ether oxygens (including phenoxy) is 6. The maximum Gasteiger partial charge on any atom is 0.234 e. The number of amides is 3. The Morgan fingerprint density at radius 1 is 0.357 bits per heavy atom. The fourth-order valence-corrected chi connectivity index (χ4v) is 10.0. The Bertz CT molecular complexity index is 2450. The highest BCUT2D eigenvalue weighted by Crippen LogP contribution is 2.40. The zero-order valence-corrected chi connectivity index (χ0v) is 40.1. The van der Waals surface area contributed by atoms with Crippen molar-refractivity contribution in [2.75, 3.05) is 80.4 Å². The van der Waals surface area contributed by atoms with E-state index >= 15 is 0 Å². The highest BCUT2D eigenvalue weighted by Gasteiger charge is 2.24. The van der Waals surface area contributed by atoms with Crippen LogP contribution in [0.1, 0.15) is 66.8 Å². The minimum absolute atomic E-state index is 0.165. The summed E-state index contributed by atoms with van der Waals surface area (Å²) in [5.74, 6) is 3.34. The first kappa shape index (κ1) is 47.6. The van der Waals surface area contributed by atoms with Crippen LogP contribution in [0.5, 0.6) is 34.5 Å². The van der Waals surface area contributed by atoms with E-state index in [1.54, 1.807) is 21.3 Å². The number of para-hydroxylation sites is 6. The summed E-state index contributed by atoms with van der Waals surface area (Å²) in [6.45, 7) is 0.468. The summed E-state index contributed by atoms with van der Waals surface area (Å²) < 4.78 is 39.0. The fraction of sp³-hybridized carbons (Fsp3) is 0.316. The number of hydrogen-bond donors (Lipinski definition) is 3. The van der Waals surface area contributed by atoms with Crippen LogP contribution in [0, 0.1) is 0 Å². The standard InChI is InChI=1S/C57H60N4O9/c1-65-52-37-10-4-11-38(52)29-44-17-8-19-46-31-40-13-6-15-42(54(40)67-3)33-48-21-9-20-47-32-41-14-5-12-39(53(41)66-2)30-45-18-7-16-43(28-37)55(45)68-25-22-58-49(62)34-61(35-50(63)59-23-26-69-56(44)46)36-51(64)60-24-27-70-57(47)48/h4-21H,22-36H2,1-3H3,(H,58,62)(H,59,63)(H,60,64). The molecule has 6 aromatic rings. The molecule has 6 aromatic carbocycles. The highest BCUT2D eigenvalue weighted by molar-refractivity contribution is 5.84. The number of rotatable bonds is 3. The fourth-order valence-electron chi connectivity index (χ4n) is 10.0. The van der Waals surface area contributed by atoms with Gasteiger partial charge in [0.2, 0.25) is 17.7 Å². The third-order valence-corrected chi connectivity index (χ3v) is 13.1. The molecule has 0 radical (unpaired) electrons. The van der Waals surface area contributed by atoms with Gasteiger partial charge in [0.1, 0.15) is 54.3 Å². The van der Waals surface area contributed by atoms with Crippen molar-refractivity contribution in [3.8, 4) is 34.5 Å². The number of methoxy groups -OCH3 is 3. The van der Waals surface area contributed by atoms with Gasteiger partial charge < -0.3 is 44.4 Å². The summed E-state index contributed by atoms with van der Waals surface area (Å²) in [5, 5.41) is 8.87. The van der Waals surface area contributed by atoms with Gasteiger partial charge in [0.25, 0.3) is 0 Å². The van der Waals surface area contributed by atoms with Crippen LogP contribution in [0.2, 0.25) is 0 Å². The highest BCUT2D eigenvalue weighted by atomic mass is 16.5. The lowest BCUT2D eigenvalue weighted by atomic mass is 9.91. The first-order chi connectivity index (χ1) is 34.3. The van der Waals surface area contributed by atoms with Crippen molar-refractivity contribution >= 4 is 17.7 Å². The van der Waals surface area contributed by atoms with Gasteiger partial charge in [0.05, 0.1) is 60.6 Å². The van der Waals surface area contributed by atoms with Gasteiger partial charge in [-0.05, 0) is 66.8 Å². The quantitative estimate of drug-likeness (QED) is 0.183. The molecule has 0 fully saturated rings. The Balaban J connectivity index is 1.27. The van der Waals surface area contributed by atoms with Gasteiger partial charge in [-0.1, -0.05) is 109 Å². The Labute approximate surface area is 409 Å². The molecule has 3 N–H and O–H groups in total. The van der Waals surface area contributed by atoms with Crippen molar-refractivity contribution in [1.29, 1.82) is 0 Å². The van der Waals surface area contributed by atoms with Gasteiger partial charge in [0.15, 0.2) is 0 Å². The zero-order chi connectivity index (χ0) is 48.4. The monoisotopic (exact) mass is 944 g/mol. The summed E-state index contributed by atoms with van der Waals surface area (Å²) >= 11 is 0. The van der Waals surface area contributed by atoms with Gasteiger partial charge in [-0.15, -0.1) is 0 Å². The van der Waals surface area contributed by atoms with Gasteiger partial charge >= 0.3 is 0 Å². The maximum absolute atomic E-state index is 13.6. The molecule has 13 heteroatoms. The van der Waals surface area contributed by atoms with E-state index < -0.39 is 0 Å². The maximum atomic E-state index is 13.6. The van der Waals surface area contributed by atoms with E-state index in [4.69, 9.17) is 28.4 Å². The number of nitrogens with one attached hydrogen (secondary N) is 3. The third-order valence-electron chi connectivity index (χ3n) is 13.1. The molecule has 0 aliphatic carbocycles. The van der Waals surface area contributed by atoms with Crippen LogP contribution in [0.25, 0.3) is 0 Å². The van der Waals surface area contributed by atoms with Crippen LogP contribution in [-0.2, 0) is 52.9 Å². The summed E-state index contributed by atoms with van der Waals surface area (Å²) in [6, 6.07) is 37.3. The topological polar surface area (TPSA) is 146 Å². The molecule has 0 unspecified atom stereocenters. The second kappa shape index (κ2) is 22.3. The lowest BCUT2D eigenvalue weighted by Gasteiger charge is -2.23. The van der Waals surface area contributed by atoms with Gasteiger partial charge in [0, 0.05) is 38.5 Å². The van der Waals surface area contributed by atoms with Crippen LogP contribution in [0.3, 0.4) is 0 Å². The van der Waals surface area contributed by atoms with E-state index in [1.807, 2.05) is 0 Å². The molecule has 0 saturated heterocycles. The molecule has 10 bridgehead atoms. The van der Waals surface area contributed by atoms with E-state index in [0.29, 0.717) is 55.8 Å². The van der Waals surface area contributed by atoms with Gasteiger partial charge in [-0.3, -0.25) is 19.3 Å². The van der Waals surface area contributed by atoms with Crippen molar-refractivity contribution in [2.45, 2.75) is 38.5 Å². The van der Waals surface area contributed by atoms with Crippen LogP contribution in [0.15, 0.2) is 109 Å². The first-order valence-electron chi connectivity index (χ1n) is 24.0. The SMILES string of the molecule is COc1c2cccc1Cc1cccc3c1OCCNC(=O)CN1CC(=O)NCCOc4c(cccc4Cc4cccc(c4OC)Cc4cccc(c4OCCNC(=O)C1)Cc1cccc(c1OC)C3)C2. The molecule has 3 aliphatic heterocycles. The molecule has 0 atom stereocenters. The predicted molar refractivity (Wildman–Crippen MR) is 267 cm³/mol. The van der Waals surface area contributed by atoms with Gasteiger partial charge in [-0.25, -0.2) is 0 Å². The number of fused-ring (bicyclic) bond motifs is 21. The second-order valence-corrected chi connectivity index (χ2v) is 17.8. The first-order valence-corrected chi connectivity index (χ1v) is 24.0. The molecule has 3 heterocycles. The molecule has 362 valence electrons. The lowest BCUT2D eigenvalue weighted by molar-refractivity contribution is -0.127. The van der Waals surface area contributed by atoms with Crippen LogP contribution in [0.4, 0.5) is 0 Å². The normalized spacial score (nSPS) is 16.1. The van der Waals surface area contributed by atoms with Crippen molar-refractivity contribution in [3.63, 3.8) is 0 Å². The Hall–Kier alpha value is -7.51. The van der Waals surface area contributed by atoms with E-state index in [1.165, 1.54) is 4.90 Å². The number of carbonyl (C=O) groups excluding carboxylic acids is 3. The van der Waals surface area contributed by atoms with Crippen molar-refractivity contribution in [3.05, 3.63) is 176 Å². The van der Waals surface area contributed by atoms with Gasteiger partial charge in [-0.2, -0.15) is 0 Å². The molecule has 9 rings (SSSR count). The lowest BCUT2D eigenvalue weighted by Crippen LogP contribution is -2.48. The average Bonchev–Trinajstić information content (AvgIpc) is 3.34. The van der Waals surface area contributed by atoms with E-state index in [2.05, 4.69) is 125 Å². The van der Waals surface area contributed by atoms with E-state index in [0.717, 1.165) is 84.0 Å². The van der Waals surface area contributed by atoms with Crippen molar-refractivity contribution in [1.82, 2.24) is 20.9 Å². The molecule has 0 aromatic heterocycles. The average molecular weight is 945 g/mol.